The summed E-state index contributed by atoms with van der Waals surface area (Å²) < 4.78 is 0. The number of nitrogens with one attached hydrogen (secondary N) is 3. The van der Waals surface area contributed by atoms with E-state index in [1.807, 2.05) is 42.5 Å². The van der Waals surface area contributed by atoms with Crippen molar-refractivity contribution in [2.75, 3.05) is 5.32 Å². The molecule has 0 atom stereocenters. The van der Waals surface area contributed by atoms with Crippen LogP contribution < -0.4 is 10.6 Å². The lowest BCUT2D eigenvalue weighted by molar-refractivity contribution is 0.0951. The average molecular weight is 384 g/mol. The van der Waals surface area contributed by atoms with Crippen LogP contribution in [0.4, 0.5) is 5.82 Å². The maximum absolute atomic E-state index is 12.2. The first-order valence-electron chi connectivity index (χ1n) is 9.66. The van der Waals surface area contributed by atoms with Gasteiger partial charge in [-0.1, -0.05) is 42.5 Å². The predicted octanol–water partition coefficient (Wildman–Crippen LogP) is 3.52. The SMILES string of the molecule is O=C(NC1CC1)c1ccc(-c2nc(NCc3ccccc3)c3[nH]cnc3n2)cc1. The highest BCUT2D eigenvalue weighted by Gasteiger charge is 2.23. The van der Waals surface area contributed by atoms with Gasteiger partial charge < -0.3 is 15.6 Å². The summed E-state index contributed by atoms with van der Waals surface area (Å²) in [4.78, 5) is 28.8. The van der Waals surface area contributed by atoms with Crippen molar-refractivity contribution in [2.45, 2.75) is 25.4 Å². The maximum Gasteiger partial charge on any atom is 0.251 e. The van der Waals surface area contributed by atoms with Crippen molar-refractivity contribution in [2.24, 2.45) is 0 Å². The van der Waals surface area contributed by atoms with Crippen LogP contribution in [0.15, 0.2) is 60.9 Å². The van der Waals surface area contributed by atoms with Gasteiger partial charge in [-0.05, 0) is 30.5 Å². The molecule has 0 bridgehead atoms. The fourth-order valence-electron chi connectivity index (χ4n) is 3.14. The Balaban J connectivity index is 1.41. The summed E-state index contributed by atoms with van der Waals surface area (Å²) in [5.74, 6) is 1.23. The molecule has 7 heteroatoms. The topological polar surface area (TPSA) is 95.6 Å². The molecule has 5 rings (SSSR count). The number of aromatic nitrogens is 4. The highest BCUT2D eigenvalue weighted by atomic mass is 16.1. The Morgan fingerprint density at radius 1 is 1.03 bits per heavy atom. The van der Waals surface area contributed by atoms with Crippen molar-refractivity contribution >= 4 is 22.9 Å². The third kappa shape index (κ3) is 3.80. The third-order valence-corrected chi connectivity index (χ3v) is 4.91. The summed E-state index contributed by atoms with van der Waals surface area (Å²) in [5.41, 5.74) is 4.00. The Morgan fingerprint density at radius 2 is 1.83 bits per heavy atom. The zero-order valence-electron chi connectivity index (χ0n) is 15.7. The molecule has 7 nitrogen and oxygen atoms in total. The van der Waals surface area contributed by atoms with Gasteiger partial charge in [-0.15, -0.1) is 0 Å². The number of carbonyl (C=O) groups excluding carboxylic acids is 1. The minimum atomic E-state index is -0.0343. The minimum Gasteiger partial charge on any atom is -0.364 e. The van der Waals surface area contributed by atoms with Gasteiger partial charge in [-0.2, -0.15) is 0 Å². The van der Waals surface area contributed by atoms with Crippen LogP contribution in [0, 0.1) is 0 Å². The standard InChI is InChI=1S/C22H20N6O/c29-22(26-17-10-11-17)16-8-6-15(7-9-16)19-27-20(18-21(28-19)25-13-24-18)23-12-14-4-2-1-3-5-14/h1-9,13,17H,10-12H2,(H,26,29)(H2,23,24,25,27,28). The number of imidazole rings is 1. The number of H-pyrrole nitrogens is 1. The summed E-state index contributed by atoms with van der Waals surface area (Å²) in [6.07, 6.45) is 3.75. The van der Waals surface area contributed by atoms with E-state index in [1.54, 1.807) is 6.33 Å². The Kier molecular flexibility index (Phi) is 4.40. The second-order valence-corrected chi connectivity index (χ2v) is 7.16. The Morgan fingerprint density at radius 3 is 2.59 bits per heavy atom. The second-order valence-electron chi connectivity index (χ2n) is 7.16. The van der Waals surface area contributed by atoms with Gasteiger partial charge >= 0.3 is 0 Å². The number of rotatable bonds is 6. The quantitative estimate of drug-likeness (QED) is 0.473. The molecule has 0 saturated heterocycles. The number of amides is 1. The van der Waals surface area contributed by atoms with Crippen molar-refractivity contribution in [3.63, 3.8) is 0 Å². The van der Waals surface area contributed by atoms with E-state index in [-0.39, 0.29) is 5.91 Å². The molecule has 1 amide bonds. The number of aromatic amines is 1. The smallest absolute Gasteiger partial charge is 0.251 e. The van der Waals surface area contributed by atoms with Gasteiger partial charge in [0.1, 0.15) is 5.52 Å². The van der Waals surface area contributed by atoms with Gasteiger partial charge in [0.05, 0.1) is 6.33 Å². The van der Waals surface area contributed by atoms with E-state index in [2.05, 4.69) is 37.7 Å². The van der Waals surface area contributed by atoms with Crippen molar-refractivity contribution in [3.05, 3.63) is 72.1 Å². The zero-order valence-corrected chi connectivity index (χ0v) is 15.7. The summed E-state index contributed by atoms with van der Waals surface area (Å²) >= 11 is 0. The summed E-state index contributed by atoms with van der Waals surface area (Å²) in [7, 11) is 0. The second kappa shape index (κ2) is 7.35. The summed E-state index contributed by atoms with van der Waals surface area (Å²) in [5, 5.41) is 6.37. The van der Waals surface area contributed by atoms with Gasteiger partial charge in [-0.25, -0.2) is 15.0 Å². The van der Waals surface area contributed by atoms with Crippen LogP contribution in [0.2, 0.25) is 0 Å². The van der Waals surface area contributed by atoms with Crippen molar-refractivity contribution in [1.29, 1.82) is 0 Å². The monoisotopic (exact) mass is 384 g/mol. The van der Waals surface area contributed by atoms with Crippen LogP contribution >= 0.6 is 0 Å². The highest BCUT2D eigenvalue weighted by molar-refractivity contribution is 5.95. The molecule has 4 aromatic rings. The Labute approximate surface area is 167 Å². The van der Waals surface area contributed by atoms with Crippen LogP contribution in [0.3, 0.4) is 0 Å². The average Bonchev–Trinajstić information content (AvgIpc) is 3.45. The molecule has 1 aliphatic carbocycles. The van der Waals surface area contributed by atoms with E-state index in [9.17, 15) is 4.79 Å². The number of anilines is 1. The maximum atomic E-state index is 12.2. The Hall–Kier alpha value is -3.74. The van der Waals surface area contributed by atoms with Gasteiger partial charge in [0.25, 0.3) is 5.91 Å². The summed E-state index contributed by atoms with van der Waals surface area (Å²) in [6.45, 7) is 0.645. The fourth-order valence-corrected chi connectivity index (χ4v) is 3.14. The zero-order chi connectivity index (χ0) is 19.6. The number of carbonyl (C=O) groups is 1. The van der Waals surface area contributed by atoms with E-state index in [4.69, 9.17) is 4.98 Å². The molecule has 144 valence electrons. The van der Waals surface area contributed by atoms with E-state index in [1.165, 1.54) is 0 Å². The molecule has 29 heavy (non-hydrogen) atoms. The van der Waals surface area contributed by atoms with Gasteiger partial charge in [0.2, 0.25) is 0 Å². The number of nitrogens with zero attached hydrogens (tertiary/aromatic N) is 3. The molecule has 0 spiro atoms. The first-order chi connectivity index (χ1) is 14.3. The van der Waals surface area contributed by atoms with Gasteiger partial charge in [0.15, 0.2) is 17.3 Å². The highest BCUT2D eigenvalue weighted by Crippen LogP contribution is 2.24. The number of benzene rings is 2. The molecule has 2 aromatic heterocycles. The molecular formula is C22H20N6O. The van der Waals surface area contributed by atoms with Crippen LogP contribution in [-0.4, -0.2) is 31.9 Å². The lowest BCUT2D eigenvalue weighted by Crippen LogP contribution is -2.25. The molecule has 0 aliphatic heterocycles. The predicted molar refractivity (Wildman–Crippen MR) is 111 cm³/mol. The Bertz CT molecular complexity index is 1150. The van der Waals surface area contributed by atoms with Crippen LogP contribution in [0.5, 0.6) is 0 Å². The third-order valence-electron chi connectivity index (χ3n) is 4.91. The molecule has 2 heterocycles. The van der Waals surface area contributed by atoms with E-state index < -0.39 is 0 Å². The normalized spacial score (nSPS) is 13.4. The van der Waals surface area contributed by atoms with Crippen molar-refractivity contribution < 1.29 is 4.79 Å². The largest absolute Gasteiger partial charge is 0.364 e. The number of fused-ring (bicyclic) bond motifs is 1. The molecule has 3 N–H and O–H groups in total. The lowest BCUT2D eigenvalue weighted by Gasteiger charge is -2.09. The molecule has 1 saturated carbocycles. The van der Waals surface area contributed by atoms with E-state index >= 15 is 0 Å². The molecular weight excluding hydrogens is 364 g/mol. The van der Waals surface area contributed by atoms with Crippen LogP contribution in [0.25, 0.3) is 22.6 Å². The van der Waals surface area contributed by atoms with Gasteiger partial charge in [0, 0.05) is 23.7 Å². The van der Waals surface area contributed by atoms with Crippen LogP contribution in [0.1, 0.15) is 28.8 Å². The van der Waals surface area contributed by atoms with E-state index in [0.717, 1.165) is 29.5 Å². The minimum absolute atomic E-state index is 0.0343. The van der Waals surface area contributed by atoms with Crippen LogP contribution in [-0.2, 0) is 6.54 Å². The molecule has 1 fully saturated rings. The number of hydrogen-bond donors (Lipinski definition) is 3. The number of hydrogen-bond acceptors (Lipinski definition) is 5. The first kappa shape index (κ1) is 17.4. The molecule has 1 aliphatic rings. The van der Waals surface area contributed by atoms with E-state index in [0.29, 0.717) is 35.4 Å². The fraction of sp³-hybridized carbons (Fsp3) is 0.182. The van der Waals surface area contributed by atoms with Crippen molar-refractivity contribution in [1.82, 2.24) is 25.3 Å². The lowest BCUT2D eigenvalue weighted by atomic mass is 10.1. The summed E-state index contributed by atoms with van der Waals surface area (Å²) in [6, 6.07) is 17.8. The van der Waals surface area contributed by atoms with Gasteiger partial charge in [-0.3, -0.25) is 4.79 Å². The molecule has 2 aromatic carbocycles. The first-order valence-corrected chi connectivity index (χ1v) is 9.66. The molecule has 0 radical (unpaired) electrons. The van der Waals surface area contributed by atoms with Crippen molar-refractivity contribution in [3.8, 4) is 11.4 Å². The molecule has 0 unspecified atom stereocenters.